The van der Waals surface area contributed by atoms with Crippen molar-refractivity contribution in [1.82, 2.24) is 0 Å². The molecule has 4 nitrogen and oxygen atoms in total. The lowest BCUT2D eigenvalue weighted by atomic mass is 9.84. The number of fused-ring (bicyclic) bond motifs is 5. The van der Waals surface area contributed by atoms with Gasteiger partial charge in [-0.3, -0.25) is 4.79 Å². The summed E-state index contributed by atoms with van der Waals surface area (Å²) in [7, 11) is 0. The first-order valence-corrected chi connectivity index (χ1v) is 5.71. The molecule has 0 amide bonds. The Hall–Kier alpha value is -1.32. The number of esters is 2. The molecule has 3 rings (SSSR count). The molecule has 1 aliphatic heterocycles. The van der Waals surface area contributed by atoms with Crippen LogP contribution in [0.2, 0.25) is 0 Å². The third kappa shape index (κ3) is 1.29. The maximum absolute atomic E-state index is 11.2. The van der Waals surface area contributed by atoms with Crippen LogP contribution in [0.25, 0.3) is 0 Å². The second kappa shape index (κ2) is 3.34. The third-order valence-electron chi connectivity index (χ3n) is 4.13. The second-order valence-corrected chi connectivity index (χ2v) is 4.90. The van der Waals surface area contributed by atoms with Gasteiger partial charge in [-0.2, -0.15) is 0 Å². The number of rotatable bonds is 2. The van der Waals surface area contributed by atoms with Gasteiger partial charge in [-0.15, -0.1) is 0 Å². The van der Waals surface area contributed by atoms with Crippen molar-refractivity contribution in [2.75, 3.05) is 0 Å². The molecular weight excluding hydrogens is 208 g/mol. The molecule has 0 aromatic rings. The molecule has 3 fully saturated rings. The second-order valence-electron chi connectivity index (χ2n) is 4.90. The Balaban J connectivity index is 1.72. The van der Waals surface area contributed by atoms with Gasteiger partial charge in [0, 0.05) is 23.8 Å². The van der Waals surface area contributed by atoms with Gasteiger partial charge in [0.25, 0.3) is 0 Å². The van der Waals surface area contributed by atoms with E-state index >= 15 is 0 Å². The minimum Gasteiger partial charge on any atom is -0.462 e. The molecule has 0 aromatic heterocycles. The molecule has 0 N–H and O–H groups in total. The first-order chi connectivity index (χ1) is 7.69. The Morgan fingerprint density at radius 1 is 1.44 bits per heavy atom. The summed E-state index contributed by atoms with van der Waals surface area (Å²) in [6.07, 6.45) is 3.60. The third-order valence-corrected chi connectivity index (χ3v) is 4.13. The van der Waals surface area contributed by atoms with Gasteiger partial charge < -0.3 is 9.47 Å². The van der Waals surface area contributed by atoms with Crippen LogP contribution < -0.4 is 0 Å². The highest BCUT2D eigenvalue weighted by atomic mass is 16.6. The Bertz CT molecular complexity index is 362. The van der Waals surface area contributed by atoms with E-state index in [9.17, 15) is 9.59 Å². The van der Waals surface area contributed by atoms with E-state index in [1.165, 1.54) is 6.08 Å². The zero-order valence-electron chi connectivity index (χ0n) is 8.93. The van der Waals surface area contributed by atoms with Gasteiger partial charge in [-0.1, -0.05) is 6.58 Å². The number of ether oxygens (including phenoxy) is 2. The molecule has 2 saturated carbocycles. The van der Waals surface area contributed by atoms with Crippen LogP contribution in [0, 0.1) is 17.8 Å². The lowest BCUT2D eigenvalue weighted by Gasteiger charge is -2.28. The molecule has 0 aromatic carbocycles. The van der Waals surface area contributed by atoms with E-state index in [-0.39, 0.29) is 30.1 Å². The van der Waals surface area contributed by atoms with Gasteiger partial charge in [-0.25, -0.2) is 4.79 Å². The summed E-state index contributed by atoms with van der Waals surface area (Å²) in [6.45, 7) is 3.39. The topological polar surface area (TPSA) is 52.6 Å². The number of hydrogen-bond acceptors (Lipinski definition) is 4. The van der Waals surface area contributed by atoms with E-state index in [2.05, 4.69) is 6.58 Å². The van der Waals surface area contributed by atoms with Crippen molar-refractivity contribution >= 4 is 11.9 Å². The maximum atomic E-state index is 11.2. The van der Waals surface area contributed by atoms with Crippen molar-refractivity contribution in [2.45, 2.75) is 31.5 Å². The molecule has 2 aliphatic carbocycles. The van der Waals surface area contributed by atoms with Crippen LogP contribution in [0.4, 0.5) is 0 Å². The lowest BCUT2D eigenvalue weighted by Crippen LogP contribution is -2.34. The van der Waals surface area contributed by atoms with Crippen molar-refractivity contribution in [1.29, 1.82) is 0 Å². The van der Waals surface area contributed by atoms with Crippen molar-refractivity contribution in [2.24, 2.45) is 17.8 Å². The lowest BCUT2D eigenvalue weighted by molar-refractivity contribution is -0.149. The molecule has 0 radical (unpaired) electrons. The highest BCUT2D eigenvalue weighted by molar-refractivity contribution is 5.81. The number of hydrogen-bond donors (Lipinski definition) is 0. The Labute approximate surface area is 93.6 Å². The van der Waals surface area contributed by atoms with Crippen molar-refractivity contribution in [3.8, 4) is 0 Å². The highest BCUT2D eigenvalue weighted by Gasteiger charge is 2.58. The van der Waals surface area contributed by atoms with Crippen molar-refractivity contribution < 1.29 is 19.1 Å². The molecule has 5 atom stereocenters. The monoisotopic (exact) mass is 222 g/mol. The quantitative estimate of drug-likeness (QED) is 0.517. The molecule has 1 saturated heterocycles. The predicted octanol–water partition coefficient (Wildman–Crippen LogP) is 1.06. The van der Waals surface area contributed by atoms with Gasteiger partial charge in [0.2, 0.25) is 0 Å². The standard InChI is InChI=1S/C12H14O4/c1-2-10(13)15-9-4-6-3-7(9)8-5-11(14)16-12(6)8/h2,6-9,12H,1,3-5H2. The zero-order chi connectivity index (χ0) is 11.3. The fourth-order valence-electron chi connectivity index (χ4n) is 3.56. The number of carbonyl (C=O) groups excluding carboxylic acids is 2. The largest absolute Gasteiger partial charge is 0.462 e. The van der Waals surface area contributed by atoms with E-state index in [0.29, 0.717) is 18.3 Å². The molecular formula is C12H14O4. The summed E-state index contributed by atoms with van der Waals surface area (Å²) in [6, 6.07) is 0. The Morgan fingerprint density at radius 2 is 2.25 bits per heavy atom. The molecule has 4 heteroatoms. The van der Waals surface area contributed by atoms with Crippen molar-refractivity contribution in [3.05, 3.63) is 12.7 Å². The van der Waals surface area contributed by atoms with Gasteiger partial charge in [0.05, 0.1) is 6.42 Å². The molecule has 1 heterocycles. The summed E-state index contributed by atoms with van der Waals surface area (Å²) < 4.78 is 10.6. The molecule has 86 valence electrons. The average molecular weight is 222 g/mol. The minimum atomic E-state index is -0.362. The van der Waals surface area contributed by atoms with E-state index in [1.54, 1.807) is 0 Å². The minimum absolute atomic E-state index is 0.0359. The average Bonchev–Trinajstić information content (AvgIpc) is 2.87. The fourth-order valence-corrected chi connectivity index (χ4v) is 3.56. The normalized spacial score (nSPS) is 44.0. The molecule has 5 unspecified atom stereocenters. The Morgan fingerprint density at radius 3 is 3.00 bits per heavy atom. The SMILES string of the molecule is C=CC(=O)OC1CC2CC1C1CC(=O)OC21. The van der Waals surface area contributed by atoms with Crippen molar-refractivity contribution in [3.63, 3.8) is 0 Å². The number of carbonyl (C=O) groups is 2. The van der Waals surface area contributed by atoms with Crippen LogP contribution in [0.5, 0.6) is 0 Å². The summed E-state index contributed by atoms with van der Waals surface area (Å²) in [5.41, 5.74) is 0. The summed E-state index contributed by atoms with van der Waals surface area (Å²) in [5, 5.41) is 0. The molecule has 0 spiro atoms. The van der Waals surface area contributed by atoms with Gasteiger partial charge in [0.1, 0.15) is 12.2 Å². The van der Waals surface area contributed by atoms with E-state index in [4.69, 9.17) is 9.47 Å². The first kappa shape index (κ1) is 9.87. The van der Waals surface area contributed by atoms with Crippen LogP contribution in [-0.2, 0) is 19.1 Å². The van der Waals surface area contributed by atoms with Gasteiger partial charge in [0.15, 0.2) is 0 Å². The highest BCUT2D eigenvalue weighted by Crippen LogP contribution is 2.54. The zero-order valence-corrected chi connectivity index (χ0v) is 8.93. The Kier molecular flexibility index (Phi) is 2.06. The van der Waals surface area contributed by atoms with Crippen LogP contribution in [0.15, 0.2) is 12.7 Å². The van der Waals surface area contributed by atoms with Crippen LogP contribution in [0.1, 0.15) is 19.3 Å². The first-order valence-electron chi connectivity index (χ1n) is 5.71. The summed E-state index contributed by atoms with van der Waals surface area (Å²) >= 11 is 0. The molecule has 3 aliphatic rings. The van der Waals surface area contributed by atoms with E-state index in [0.717, 1.165) is 12.8 Å². The summed E-state index contributed by atoms with van der Waals surface area (Å²) in [4.78, 5) is 22.4. The smallest absolute Gasteiger partial charge is 0.330 e. The molecule has 16 heavy (non-hydrogen) atoms. The van der Waals surface area contributed by atoms with Gasteiger partial charge >= 0.3 is 11.9 Å². The van der Waals surface area contributed by atoms with E-state index < -0.39 is 0 Å². The maximum Gasteiger partial charge on any atom is 0.330 e. The van der Waals surface area contributed by atoms with Crippen LogP contribution >= 0.6 is 0 Å². The van der Waals surface area contributed by atoms with E-state index in [1.807, 2.05) is 0 Å². The van der Waals surface area contributed by atoms with Crippen LogP contribution in [0.3, 0.4) is 0 Å². The van der Waals surface area contributed by atoms with Crippen LogP contribution in [-0.4, -0.2) is 24.1 Å². The fraction of sp³-hybridized carbons (Fsp3) is 0.667. The molecule has 2 bridgehead atoms. The predicted molar refractivity (Wildman–Crippen MR) is 54.3 cm³/mol. The van der Waals surface area contributed by atoms with Gasteiger partial charge in [-0.05, 0) is 12.8 Å². The summed E-state index contributed by atoms with van der Waals surface area (Å²) in [5.74, 6) is 0.517.